The summed E-state index contributed by atoms with van der Waals surface area (Å²) in [5, 5.41) is 12.2. The molecular weight excluding hydrogens is 216 g/mol. The maximum absolute atomic E-state index is 11.2. The zero-order valence-corrected chi connectivity index (χ0v) is 8.87. The van der Waals surface area contributed by atoms with E-state index < -0.39 is 18.4 Å². The van der Waals surface area contributed by atoms with Gasteiger partial charge in [-0.05, 0) is 17.5 Å². The summed E-state index contributed by atoms with van der Waals surface area (Å²) < 4.78 is 4.47. The van der Waals surface area contributed by atoms with Crippen molar-refractivity contribution in [1.82, 2.24) is 0 Å². The molecule has 0 bridgehead atoms. The predicted molar refractivity (Wildman–Crippen MR) is 53.9 cm³/mol. The van der Waals surface area contributed by atoms with E-state index in [4.69, 9.17) is 0 Å². The number of thiophene rings is 1. The summed E-state index contributed by atoms with van der Waals surface area (Å²) in [5.41, 5.74) is 0.0833. The molecule has 0 N–H and O–H groups in total. The van der Waals surface area contributed by atoms with Gasteiger partial charge < -0.3 is 14.6 Å². The highest BCUT2D eigenvalue weighted by Crippen LogP contribution is 2.15. The lowest BCUT2D eigenvalue weighted by Crippen LogP contribution is -2.24. The van der Waals surface area contributed by atoms with Gasteiger partial charge in [0.05, 0.1) is 7.11 Å². The Labute approximate surface area is 90.8 Å². The Balaban J connectivity index is 2.90. The Morgan fingerprint density at radius 3 is 2.80 bits per heavy atom. The molecule has 0 aliphatic carbocycles. The lowest BCUT2D eigenvalue weighted by Gasteiger charge is -2.05. The number of rotatable bonds is 4. The molecule has 0 spiro atoms. The third-order valence-corrected chi connectivity index (χ3v) is 2.46. The van der Waals surface area contributed by atoms with Crippen LogP contribution in [-0.2, 0) is 14.3 Å². The number of carboxylic acids is 1. The number of aliphatic carboxylic acids is 1. The van der Waals surface area contributed by atoms with E-state index in [-0.39, 0.29) is 5.57 Å². The summed E-state index contributed by atoms with van der Waals surface area (Å²) in [7, 11) is 1.21. The maximum atomic E-state index is 11.2. The summed E-state index contributed by atoms with van der Waals surface area (Å²) in [6, 6.07) is 3.59. The zero-order chi connectivity index (χ0) is 11.3. The van der Waals surface area contributed by atoms with Crippen LogP contribution in [0.2, 0.25) is 0 Å². The van der Waals surface area contributed by atoms with Crippen molar-refractivity contribution in [3.63, 3.8) is 0 Å². The molecule has 1 rings (SSSR count). The molecule has 15 heavy (non-hydrogen) atoms. The van der Waals surface area contributed by atoms with Crippen molar-refractivity contribution >= 4 is 29.4 Å². The fraction of sp³-hybridized carbons (Fsp3) is 0.200. The highest BCUT2D eigenvalue weighted by Gasteiger charge is 2.10. The first-order valence-electron chi connectivity index (χ1n) is 4.15. The number of hydrogen-bond donors (Lipinski definition) is 0. The average Bonchev–Trinajstić information content (AvgIpc) is 2.67. The predicted octanol–water partition coefficient (Wildman–Crippen LogP) is 0.444. The first-order chi connectivity index (χ1) is 7.13. The van der Waals surface area contributed by atoms with Crippen molar-refractivity contribution in [2.24, 2.45) is 0 Å². The van der Waals surface area contributed by atoms with Crippen LogP contribution in [0.25, 0.3) is 6.08 Å². The van der Waals surface area contributed by atoms with Crippen molar-refractivity contribution in [3.05, 3.63) is 28.0 Å². The standard InChI is InChI=1S/C10H10O4S/c1-14-10(13)7(6-9(11)12)5-8-3-2-4-15-8/h2-5H,6H2,1H3,(H,11,12)/p-1. The number of carboxylic acid groups (broad SMARTS) is 1. The summed E-state index contributed by atoms with van der Waals surface area (Å²) in [4.78, 5) is 22.4. The second-order valence-corrected chi connectivity index (χ2v) is 3.70. The largest absolute Gasteiger partial charge is 0.550 e. The minimum absolute atomic E-state index is 0.0833. The summed E-state index contributed by atoms with van der Waals surface area (Å²) >= 11 is 1.41. The van der Waals surface area contributed by atoms with Gasteiger partial charge in [-0.2, -0.15) is 0 Å². The Bertz CT molecular complexity index is 378. The summed E-state index contributed by atoms with van der Waals surface area (Å²) in [5.74, 6) is -1.95. The molecule has 0 aromatic carbocycles. The number of carbonyl (C=O) groups is 2. The van der Waals surface area contributed by atoms with E-state index in [2.05, 4.69) is 4.74 Å². The normalized spacial score (nSPS) is 11.1. The molecule has 1 heterocycles. The highest BCUT2D eigenvalue weighted by molar-refractivity contribution is 7.10. The van der Waals surface area contributed by atoms with Crippen LogP contribution in [0.3, 0.4) is 0 Å². The highest BCUT2D eigenvalue weighted by atomic mass is 32.1. The first-order valence-corrected chi connectivity index (χ1v) is 5.03. The topological polar surface area (TPSA) is 66.4 Å². The number of ether oxygens (including phenoxy) is 1. The van der Waals surface area contributed by atoms with Crippen molar-refractivity contribution < 1.29 is 19.4 Å². The Hall–Kier alpha value is -1.62. The van der Waals surface area contributed by atoms with E-state index in [1.807, 2.05) is 11.4 Å². The van der Waals surface area contributed by atoms with Crippen molar-refractivity contribution in [2.75, 3.05) is 7.11 Å². The van der Waals surface area contributed by atoms with Crippen LogP contribution < -0.4 is 5.11 Å². The first kappa shape index (κ1) is 11.5. The molecule has 0 fully saturated rings. The Morgan fingerprint density at radius 1 is 1.60 bits per heavy atom. The summed E-state index contributed by atoms with van der Waals surface area (Å²) in [6.45, 7) is 0. The molecule has 0 aliphatic rings. The molecule has 0 saturated carbocycles. The molecular formula is C10H9O4S-. The number of hydrogen-bond acceptors (Lipinski definition) is 5. The summed E-state index contributed by atoms with van der Waals surface area (Å²) in [6.07, 6.45) is 1.05. The maximum Gasteiger partial charge on any atom is 0.334 e. The van der Waals surface area contributed by atoms with Crippen molar-refractivity contribution in [1.29, 1.82) is 0 Å². The SMILES string of the molecule is COC(=O)C(=Cc1cccs1)CC(=O)[O-]. The lowest BCUT2D eigenvalue weighted by molar-refractivity contribution is -0.304. The average molecular weight is 225 g/mol. The van der Waals surface area contributed by atoms with Crippen molar-refractivity contribution in [2.45, 2.75) is 6.42 Å². The van der Waals surface area contributed by atoms with E-state index in [1.165, 1.54) is 24.5 Å². The Morgan fingerprint density at radius 2 is 2.33 bits per heavy atom. The van der Waals surface area contributed by atoms with E-state index in [0.29, 0.717) is 0 Å². The van der Waals surface area contributed by atoms with Crippen LogP contribution >= 0.6 is 11.3 Å². The van der Waals surface area contributed by atoms with Gasteiger partial charge in [-0.1, -0.05) is 6.07 Å². The van der Waals surface area contributed by atoms with E-state index in [0.717, 1.165) is 4.88 Å². The molecule has 0 amide bonds. The van der Waals surface area contributed by atoms with Crippen molar-refractivity contribution in [3.8, 4) is 0 Å². The molecule has 0 unspecified atom stereocenters. The van der Waals surface area contributed by atoms with Gasteiger partial charge in [0.15, 0.2) is 0 Å². The van der Waals surface area contributed by atoms with Gasteiger partial charge in [-0.15, -0.1) is 11.3 Å². The van der Waals surface area contributed by atoms with Crippen LogP contribution in [0.1, 0.15) is 11.3 Å². The van der Waals surface area contributed by atoms with Crippen LogP contribution in [0.5, 0.6) is 0 Å². The van der Waals surface area contributed by atoms with Crippen LogP contribution in [0.15, 0.2) is 23.1 Å². The van der Waals surface area contributed by atoms with Gasteiger partial charge >= 0.3 is 5.97 Å². The quantitative estimate of drug-likeness (QED) is 0.551. The molecule has 4 nitrogen and oxygen atoms in total. The van der Waals surface area contributed by atoms with Gasteiger partial charge in [-0.25, -0.2) is 4.79 Å². The van der Waals surface area contributed by atoms with Gasteiger partial charge in [0, 0.05) is 22.8 Å². The monoisotopic (exact) mass is 225 g/mol. The van der Waals surface area contributed by atoms with Gasteiger partial charge in [0.1, 0.15) is 0 Å². The van der Waals surface area contributed by atoms with E-state index in [1.54, 1.807) is 6.07 Å². The Kier molecular flexibility index (Phi) is 4.05. The van der Waals surface area contributed by atoms with Gasteiger partial charge in [0.2, 0.25) is 0 Å². The third-order valence-electron chi connectivity index (χ3n) is 1.64. The third kappa shape index (κ3) is 3.55. The minimum atomic E-state index is -1.30. The van der Waals surface area contributed by atoms with E-state index >= 15 is 0 Å². The van der Waals surface area contributed by atoms with Gasteiger partial charge in [-0.3, -0.25) is 0 Å². The fourth-order valence-corrected chi connectivity index (χ4v) is 1.70. The van der Waals surface area contributed by atoms with E-state index in [9.17, 15) is 14.7 Å². The van der Waals surface area contributed by atoms with Crippen LogP contribution in [0, 0.1) is 0 Å². The zero-order valence-electron chi connectivity index (χ0n) is 8.06. The second-order valence-electron chi connectivity index (χ2n) is 2.73. The second kappa shape index (κ2) is 5.31. The molecule has 0 radical (unpaired) electrons. The van der Waals surface area contributed by atoms with Crippen LogP contribution in [0.4, 0.5) is 0 Å². The molecule has 0 aliphatic heterocycles. The van der Waals surface area contributed by atoms with Gasteiger partial charge in [0.25, 0.3) is 0 Å². The molecule has 80 valence electrons. The number of esters is 1. The minimum Gasteiger partial charge on any atom is -0.550 e. The van der Waals surface area contributed by atoms with Crippen LogP contribution in [-0.4, -0.2) is 19.0 Å². The lowest BCUT2D eigenvalue weighted by atomic mass is 10.1. The molecule has 0 atom stereocenters. The fourth-order valence-electron chi connectivity index (χ4n) is 1.01. The molecule has 5 heteroatoms. The smallest absolute Gasteiger partial charge is 0.334 e. The molecule has 1 aromatic heterocycles. The number of carbonyl (C=O) groups excluding carboxylic acids is 2. The molecule has 1 aromatic rings. The molecule has 0 saturated heterocycles. The number of methoxy groups -OCH3 is 1.